The number of hydrogen-bond acceptors (Lipinski definition) is 1. The summed E-state index contributed by atoms with van der Waals surface area (Å²) in [5.41, 5.74) is 4.83. The molecule has 219 valence electrons. The molecule has 0 aromatic carbocycles. The van der Waals surface area contributed by atoms with Gasteiger partial charge in [-0.1, -0.05) is 77.0 Å². The van der Waals surface area contributed by atoms with Crippen molar-refractivity contribution in [1.29, 1.82) is 0 Å². The van der Waals surface area contributed by atoms with E-state index in [1.165, 1.54) is 149 Å². The second kappa shape index (κ2) is 14.6. The molecule has 0 aromatic rings. The van der Waals surface area contributed by atoms with Crippen LogP contribution in [0, 0.1) is 5.41 Å². The van der Waals surface area contributed by atoms with Gasteiger partial charge < -0.3 is 9.80 Å². The van der Waals surface area contributed by atoms with E-state index in [0.29, 0.717) is 35.6 Å². The number of carbonyl (C=O) groups is 1. The molecule has 0 aromatic heterocycles. The molecule has 0 bridgehead atoms. The standard InChI is InChI=1S/C25H44N2O.C10H15.Ti/c28-25(26(21-13-5-1-6-14-21)22-15-7-2-8-16-22)27(23-17-9-3-10-18-23)24-19-11-4-12-20-24;1-7-6-10(4,5)9(3)8(7)2;/h21-24H,1-20H2;1-5H3;. The van der Waals surface area contributed by atoms with Crippen molar-refractivity contribution in [1.82, 2.24) is 9.80 Å². The zero-order valence-corrected chi connectivity index (χ0v) is 27.8. The van der Waals surface area contributed by atoms with Gasteiger partial charge in [0, 0.05) is 24.2 Å². The third-order valence-electron chi connectivity index (χ3n) is 11.4. The minimum atomic E-state index is 0.314. The van der Waals surface area contributed by atoms with Crippen LogP contribution in [0.2, 0.25) is 0 Å². The summed E-state index contributed by atoms with van der Waals surface area (Å²) in [4.78, 5) is 19.3. The van der Waals surface area contributed by atoms with Gasteiger partial charge in [-0.2, -0.15) is 0 Å². The number of allylic oxidation sites excluding steroid dienone is 4. The van der Waals surface area contributed by atoms with Gasteiger partial charge in [0.25, 0.3) is 0 Å². The van der Waals surface area contributed by atoms with Gasteiger partial charge >= 0.3 is 87.1 Å². The van der Waals surface area contributed by atoms with Gasteiger partial charge in [-0.05, 0) is 51.4 Å². The molecule has 0 radical (unpaired) electrons. The maximum atomic E-state index is 14.3. The van der Waals surface area contributed by atoms with Crippen LogP contribution >= 0.6 is 0 Å². The number of hydrogen-bond donors (Lipinski definition) is 0. The van der Waals surface area contributed by atoms with Crippen molar-refractivity contribution in [2.24, 2.45) is 5.41 Å². The Labute approximate surface area is 253 Å². The third kappa shape index (κ3) is 7.46. The smallest absolute Gasteiger partial charge is 0.319 e. The number of amides is 2. The van der Waals surface area contributed by atoms with E-state index in [-0.39, 0.29) is 0 Å². The van der Waals surface area contributed by atoms with Crippen LogP contribution in [0.5, 0.6) is 0 Å². The molecule has 4 heteroatoms. The van der Waals surface area contributed by atoms with E-state index >= 15 is 0 Å². The van der Waals surface area contributed by atoms with E-state index in [2.05, 4.69) is 64.9 Å². The molecule has 5 aliphatic rings. The van der Waals surface area contributed by atoms with Crippen LogP contribution in [0.25, 0.3) is 0 Å². The van der Waals surface area contributed by atoms with Crippen LogP contribution < -0.4 is 0 Å². The van der Waals surface area contributed by atoms with Crippen molar-refractivity contribution >= 4 is 6.03 Å². The molecule has 2 amide bonds. The fourth-order valence-electron chi connectivity index (χ4n) is 8.38. The maximum Gasteiger partial charge on any atom is 0.321 e. The molecule has 0 unspecified atom stereocenters. The second-order valence-corrected chi connectivity index (χ2v) is 14.9. The molecule has 0 heterocycles. The van der Waals surface area contributed by atoms with E-state index < -0.39 is 0 Å². The monoisotopic (exact) mass is 571 g/mol. The first-order valence-corrected chi connectivity index (χ1v) is 17.7. The SMILES string of the molecule is CC1=C(C)C(C)(C)[C]([Ti])=C1C.O=C(N(C1CCCCC1)C1CCCCC1)N(C1CCCCC1)C1CCCCC1. The largest absolute Gasteiger partial charge is 0.321 e. The fourth-order valence-corrected chi connectivity index (χ4v) is 8.97. The van der Waals surface area contributed by atoms with Crippen molar-refractivity contribution < 1.29 is 25.2 Å². The molecule has 5 aliphatic carbocycles. The fraction of sp³-hybridized carbons (Fsp3) is 0.857. The van der Waals surface area contributed by atoms with E-state index in [1.54, 1.807) is 0 Å². The first-order valence-electron chi connectivity index (χ1n) is 17.0. The summed E-state index contributed by atoms with van der Waals surface area (Å²) < 4.78 is 1.53. The van der Waals surface area contributed by atoms with Gasteiger partial charge in [-0.15, -0.1) is 0 Å². The Hall–Kier alpha value is -0.536. The average Bonchev–Trinajstić information content (AvgIpc) is 3.10. The summed E-state index contributed by atoms with van der Waals surface area (Å²) in [5.74, 6) is 0. The molecule has 0 atom stereocenters. The minimum absolute atomic E-state index is 0.314. The maximum absolute atomic E-state index is 14.3. The average molecular weight is 572 g/mol. The molecule has 39 heavy (non-hydrogen) atoms. The zero-order chi connectivity index (χ0) is 28.0. The predicted octanol–water partition coefficient (Wildman–Crippen LogP) is 10.2. The topological polar surface area (TPSA) is 23.6 Å². The van der Waals surface area contributed by atoms with E-state index in [1.807, 2.05) is 0 Å². The quantitative estimate of drug-likeness (QED) is 0.308. The third-order valence-corrected chi connectivity index (χ3v) is 12.9. The number of rotatable bonds is 4. The molecule has 0 spiro atoms. The number of urea groups is 1. The van der Waals surface area contributed by atoms with Crippen LogP contribution in [-0.2, 0) is 20.4 Å². The van der Waals surface area contributed by atoms with Gasteiger partial charge in [-0.25, -0.2) is 4.79 Å². The normalized spacial score (nSPS) is 25.8. The van der Waals surface area contributed by atoms with Crippen LogP contribution in [0.15, 0.2) is 20.6 Å². The Balaban J connectivity index is 0.000000270. The minimum Gasteiger partial charge on any atom is -0.319 e. The molecule has 5 rings (SSSR count). The van der Waals surface area contributed by atoms with Crippen molar-refractivity contribution in [2.45, 2.75) is 187 Å². The molecule has 4 saturated carbocycles. The number of carbonyl (C=O) groups excluding carboxylic acids is 1. The van der Waals surface area contributed by atoms with Crippen LogP contribution in [0.4, 0.5) is 4.79 Å². The first kappa shape index (κ1) is 31.4. The van der Waals surface area contributed by atoms with Crippen molar-refractivity contribution in [2.75, 3.05) is 0 Å². The Bertz CT molecular complexity index is 761. The molecule has 4 fully saturated rings. The van der Waals surface area contributed by atoms with Gasteiger partial charge in [0.1, 0.15) is 0 Å². The van der Waals surface area contributed by atoms with Crippen molar-refractivity contribution in [3.8, 4) is 0 Å². The van der Waals surface area contributed by atoms with E-state index in [0.717, 1.165) is 0 Å². The summed E-state index contributed by atoms with van der Waals surface area (Å²) in [6, 6.07) is 2.58. The van der Waals surface area contributed by atoms with Crippen LogP contribution in [0.3, 0.4) is 0 Å². The summed E-state index contributed by atoms with van der Waals surface area (Å²) >= 11 is 2.25. The first-order chi connectivity index (χ1) is 18.7. The Morgan fingerprint density at radius 2 is 0.846 bits per heavy atom. The van der Waals surface area contributed by atoms with Gasteiger partial charge in [-0.3, -0.25) is 0 Å². The molecule has 3 nitrogen and oxygen atoms in total. The Morgan fingerprint density at radius 3 is 1.03 bits per heavy atom. The molecule has 0 N–H and O–H groups in total. The summed E-state index contributed by atoms with van der Waals surface area (Å²) in [6.07, 6.45) is 26.2. The van der Waals surface area contributed by atoms with Crippen LogP contribution in [-0.4, -0.2) is 40.0 Å². The van der Waals surface area contributed by atoms with Gasteiger partial charge in [0.05, 0.1) is 0 Å². The molecule has 0 aliphatic heterocycles. The second-order valence-electron chi connectivity index (χ2n) is 14.1. The van der Waals surface area contributed by atoms with Gasteiger partial charge in [0.15, 0.2) is 0 Å². The van der Waals surface area contributed by atoms with E-state index in [4.69, 9.17) is 0 Å². The van der Waals surface area contributed by atoms with Gasteiger partial charge in [0.2, 0.25) is 0 Å². The molecule has 0 saturated heterocycles. The summed E-state index contributed by atoms with van der Waals surface area (Å²) in [5, 5.41) is 0. The number of nitrogens with zero attached hydrogens (tertiary/aromatic N) is 2. The van der Waals surface area contributed by atoms with Crippen LogP contribution in [0.1, 0.15) is 163 Å². The molecular formula is C35H59N2OTi. The predicted molar refractivity (Wildman–Crippen MR) is 161 cm³/mol. The summed E-state index contributed by atoms with van der Waals surface area (Å²) in [6.45, 7) is 11.3. The Morgan fingerprint density at radius 1 is 0.564 bits per heavy atom. The van der Waals surface area contributed by atoms with E-state index in [9.17, 15) is 4.79 Å². The van der Waals surface area contributed by atoms with Crippen molar-refractivity contribution in [3.63, 3.8) is 0 Å². The van der Waals surface area contributed by atoms with Crippen molar-refractivity contribution in [3.05, 3.63) is 20.6 Å². The molecular weight excluding hydrogens is 512 g/mol. The Kier molecular flexibility index (Phi) is 11.7. The zero-order valence-electron chi connectivity index (χ0n) is 26.3. The summed E-state index contributed by atoms with van der Waals surface area (Å²) in [7, 11) is 0.